The second-order valence-electron chi connectivity index (χ2n) is 5.99. The minimum absolute atomic E-state index is 0.0745. The zero-order valence-electron chi connectivity index (χ0n) is 15.3. The number of para-hydroxylation sites is 1. The number of nitrogens with one attached hydrogen (secondary N) is 1. The van der Waals surface area contributed by atoms with Crippen LogP contribution in [0.4, 0.5) is 5.69 Å². The SMILES string of the molecule is CCc1ccc(-c2nnn(CC(=O)Nc3ccccc3SCC(N)=O)n2)cc1. The van der Waals surface area contributed by atoms with E-state index in [2.05, 4.69) is 27.7 Å². The summed E-state index contributed by atoms with van der Waals surface area (Å²) in [5.41, 5.74) is 7.86. The summed E-state index contributed by atoms with van der Waals surface area (Å²) in [7, 11) is 0. The number of anilines is 1. The van der Waals surface area contributed by atoms with Crippen LogP contribution in [0.5, 0.6) is 0 Å². The van der Waals surface area contributed by atoms with Crippen molar-refractivity contribution in [1.29, 1.82) is 0 Å². The molecule has 0 aliphatic rings. The highest BCUT2D eigenvalue weighted by molar-refractivity contribution is 8.00. The molecule has 0 saturated carbocycles. The lowest BCUT2D eigenvalue weighted by Gasteiger charge is -2.09. The van der Waals surface area contributed by atoms with Gasteiger partial charge < -0.3 is 11.1 Å². The predicted octanol–water partition coefficient (Wildman–Crippen LogP) is 2.12. The summed E-state index contributed by atoms with van der Waals surface area (Å²) in [6.07, 6.45) is 0.958. The standard InChI is InChI=1S/C19H20N6O2S/c1-2-13-7-9-14(10-8-13)19-22-24-25(23-19)11-18(27)21-15-5-3-4-6-16(15)28-12-17(20)26/h3-10H,2,11-12H2,1H3,(H2,20,26)(H,21,27). The van der Waals surface area contributed by atoms with Gasteiger partial charge in [-0.1, -0.05) is 43.3 Å². The van der Waals surface area contributed by atoms with Gasteiger partial charge in [0.25, 0.3) is 0 Å². The zero-order valence-corrected chi connectivity index (χ0v) is 16.1. The number of carbonyl (C=O) groups is 2. The second-order valence-corrected chi connectivity index (χ2v) is 7.01. The molecule has 0 atom stereocenters. The summed E-state index contributed by atoms with van der Waals surface area (Å²) < 4.78 is 0. The summed E-state index contributed by atoms with van der Waals surface area (Å²) in [5, 5.41) is 15.0. The van der Waals surface area contributed by atoms with E-state index in [1.54, 1.807) is 12.1 Å². The van der Waals surface area contributed by atoms with Gasteiger partial charge in [0.15, 0.2) is 0 Å². The Balaban J connectivity index is 1.64. The molecule has 1 aromatic heterocycles. The summed E-state index contributed by atoms with van der Waals surface area (Å²) in [6, 6.07) is 15.1. The maximum atomic E-state index is 12.4. The normalized spacial score (nSPS) is 10.6. The minimum atomic E-state index is -0.419. The molecule has 8 nitrogen and oxygen atoms in total. The number of nitrogens with zero attached hydrogens (tertiary/aromatic N) is 4. The van der Waals surface area contributed by atoms with E-state index in [0.717, 1.165) is 16.9 Å². The highest BCUT2D eigenvalue weighted by Gasteiger charge is 2.12. The van der Waals surface area contributed by atoms with Crippen molar-refractivity contribution < 1.29 is 9.59 Å². The van der Waals surface area contributed by atoms with E-state index in [9.17, 15) is 9.59 Å². The number of thioether (sulfide) groups is 1. The number of benzene rings is 2. The topological polar surface area (TPSA) is 116 Å². The van der Waals surface area contributed by atoms with E-state index >= 15 is 0 Å². The maximum absolute atomic E-state index is 12.4. The molecule has 0 bridgehead atoms. The predicted molar refractivity (Wildman–Crippen MR) is 108 cm³/mol. The molecule has 2 amide bonds. The van der Waals surface area contributed by atoms with Gasteiger partial charge in [-0.3, -0.25) is 9.59 Å². The van der Waals surface area contributed by atoms with Gasteiger partial charge in [-0.15, -0.1) is 22.0 Å². The van der Waals surface area contributed by atoms with Crippen LogP contribution >= 0.6 is 11.8 Å². The van der Waals surface area contributed by atoms with Crippen LogP contribution in [0.1, 0.15) is 12.5 Å². The molecule has 3 rings (SSSR count). The van der Waals surface area contributed by atoms with Gasteiger partial charge in [-0.25, -0.2) is 0 Å². The molecule has 0 unspecified atom stereocenters. The lowest BCUT2D eigenvalue weighted by atomic mass is 10.1. The molecule has 3 N–H and O–H groups in total. The average Bonchev–Trinajstić information content (AvgIpc) is 3.15. The molecule has 9 heteroatoms. The maximum Gasteiger partial charge on any atom is 0.248 e. The zero-order chi connectivity index (χ0) is 19.9. The number of aromatic nitrogens is 4. The molecule has 3 aromatic rings. The molecule has 0 fully saturated rings. The van der Waals surface area contributed by atoms with Crippen molar-refractivity contribution in [2.45, 2.75) is 24.8 Å². The fraction of sp³-hybridized carbons (Fsp3) is 0.211. The molecule has 1 heterocycles. The van der Waals surface area contributed by atoms with Gasteiger partial charge in [0.05, 0.1) is 11.4 Å². The summed E-state index contributed by atoms with van der Waals surface area (Å²) >= 11 is 1.27. The first-order chi connectivity index (χ1) is 13.5. The number of primary amides is 1. The van der Waals surface area contributed by atoms with Crippen molar-refractivity contribution in [2.75, 3.05) is 11.1 Å². The fourth-order valence-electron chi connectivity index (χ4n) is 2.48. The molecule has 0 aliphatic heterocycles. The first-order valence-corrected chi connectivity index (χ1v) is 9.71. The Bertz CT molecular complexity index is 971. The Morgan fingerprint density at radius 3 is 2.61 bits per heavy atom. The fourth-order valence-corrected chi connectivity index (χ4v) is 3.23. The van der Waals surface area contributed by atoms with E-state index in [1.807, 2.05) is 36.4 Å². The molecule has 0 radical (unpaired) electrons. The third-order valence-electron chi connectivity index (χ3n) is 3.89. The van der Waals surface area contributed by atoms with Crippen LogP contribution in [0.2, 0.25) is 0 Å². The van der Waals surface area contributed by atoms with Crippen molar-refractivity contribution in [3.05, 3.63) is 54.1 Å². The van der Waals surface area contributed by atoms with Gasteiger partial charge in [0.2, 0.25) is 17.6 Å². The van der Waals surface area contributed by atoms with Crippen molar-refractivity contribution in [2.24, 2.45) is 5.73 Å². The number of tetrazole rings is 1. The number of aryl methyl sites for hydroxylation is 1. The number of rotatable bonds is 8. The number of hydrogen-bond donors (Lipinski definition) is 2. The van der Waals surface area contributed by atoms with Crippen LogP contribution in [0.25, 0.3) is 11.4 Å². The number of carbonyl (C=O) groups excluding carboxylic acids is 2. The smallest absolute Gasteiger partial charge is 0.248 e. The van der Waals surface area contributed by atoms with E-state index < -0.39 is 5.91 Å². The minimum Gasteiger partial charge on any atom is -0.369 e. The summed E-state index contributed by atoms with van der Waals surface area (Å²) in [6.45, 7) is 2.02. The molecular weight excluding hydrogens is 376 g/mol. The molecule has 28 heavy (non-hydrogen) atoms. The molecule has 2 aromatic carbocycles. The van der Waals surface area contributed by atoms with Gasteiger partial charge in [-0.05, 0) is 29.3 Å². The number of nitrogens with two attached hydrogens (primary N) is 1. The second kappa shape index (κ2) is 9.14. The van der Waals surface area contributed by atoms with Crippen molar-refractivity contribution in [3.63, 3.8) is 0 Å². The Labute approximate surface area is 166 Å². The Kier molecular flexibility index (Phi) is 6.38. The van der Waals surface area contributed by atoms with Gasteiger partial charge >= 0.3 is 0 Å². The van der Waals surface area contributed by atoms with Crippen molar-refractivity contribution in [3.8, 4) is 11.4 Å². The van der Waals surface area contributed by atoms with Crippen LogP contribution in [0.15, 0.2) is 53.4 Å². The van der Waals surface area contributed by atoms with Crippen LogP contribution < -0.4 is 11.1 Å². The number of hydrogen-bond acceptors (Lipinski definition) is 6. The summed E-state index contributed by atoms with van der Waals surface area (Å²) in [4.78, 5) is 25.4. The molecule has 144 valence electrons. The summed E-state index contributed by atoms with van der Waals surface area (Å²) in [5.74, 6) is -0.111. The van der Waals surface area contributed by atoms with Crippen molar-refractivity contribution >= 4 is 29.3 Å². The van der Waals surface area contributed by atoms with Crippen LogP contribution in [-0.4, -0.2) is 37.8 Å². The molecular formula is C19H20N6O2S. The molecule has 0 spiro atoms. The largest absolute Gasteiger partial charge is 0.369 e. The Hall–Kier alpha value is -3.20. The van der Waals surface area contributed by atoms with E-state index in [0.29, 0.717) is 11.5 Å². The molecule has 0 saturated heterocycles. The lowest BCUT2D eigenvalue weighted by molar-refractivity contribution is -0.117. The van der Waals surface area contributed by atoms with Crippen molar-refractivity contribution in [1.82, 2.24) is 20.2 Å². The first kappa shape index (κ1) is 19.6. The van der Waals surface area contributed by atoms with Crippen LogP contribution in [0.3, 0.4) is 0 Å². The third kappa shape index (κ3) is 5.17. The average molecular weight is 396 g/mol. The highest BCUT2D eigenvalue weighted by atomic mass is 32.2. The Morgan fingerprint density at radius 1 is 1.14 bits per heavy atom. The van der Waals surface area contributed by atoms with Gasteiger partial charge in [0.1, 0.15) is 6.54 Å². The van der Waals surface area contributed by atoms with Crippen LogP contribution in [0, 0.1) is 0 Å². The first-order valence-electron chi connectivity index (χ1n) is 8.72. The van der Waals surface area contributed by atoms with E-state index in [1.165, 1.54) is 22.1 Å². The van der Waals surface area contributed by atoms with Crippen LogP contribution in [-0.2, 0) is 22.6 Å². The Morgan fingerprint density at radius 2 is 1.89 bits per heavy atom. The highest BCUT2D eigenvalue weighted by Crippen LogP contribution is 2.26. The van der Waals surface area contributed by atoms with Gasteiger partial charge in [0, 0.05) is 10.5 Å². The lowest BCUT2D eigenvalue weighted by Crippen LogP contribution is -2.21. The number of amides is 2. The van der Waals surface area contributed by atoms with Gasteiger partial charge in [-0.2, -0.15) is 4.80 Å². The monoisotopic (exact) mass is 396 g/mol. The van der Waals surface area contributed by atoms with E-state index in [4.69, 9.17) is 5.73 Å². The van der Waals surface area contributed by atoms with E-state index in [-0.39, 0.29) is 18.2 Å². The molecule has 0 aliphatic carbocycles. The third-order valence-corrected chi connectivity index (χ3v) is 4.99. The quantitative estimate of drug-likeness (QED) is 0.564.